The van der Waals surface area contributed by atoms with Crippen LogP contribution in [-0.2, 0) is 4.79 Å². The van der Waals surface area contributed by atoms with Gasteiger partial charge in [-0.2, -0.15) is 0 Å². The van der Waals surface area contributed by atoms with Gasteiger partial charge in [0.1, 0.15) is 11.8 Å². The average molecular weight is 285 g/mol. The molecule has 1 saturated heterocycles. The number of nitrogens with zero attached hydrogens (tertiary/aromatic N) is 1. The molecule has 0 bridgehead atoms. The minimum absolute atomic E-state index is 0.0145. The van der Waals surface area contributed by atoms with Gasteiger partial charge in [-0.3, -0.25) is 4.79 Å². The van der Waals surface area contributed by atoms with Crippen LogP contribution < -0.4 is 5.32 Å². The van der Waals surface area contributed by atoms with Crippen molar-refractivity contribution in [2.45, 2.75) is 6.04 Å². The molecule has 2 rings (SSSR count). The van der Waals surface area contributed by atoms with Crippen molar-refractivity contribution >= 4 is 23.5 Å². The van der Waals surface area contributed by atoms with Crippen molar-refractivity contribution in [3.05, 3.63) is 28.8 Å². The van der Waals surface area contributed by atoms with Crippen molar-refractivity contribution in [1.82, 2.24) is 10.2 Å². The van der Waals surface area contributed by atoms with Gasteiger partial charge in [0.05, 0.1) is 5.56 Å². The van der Waals surface area contributed by atoms with Crippen molar-refractivity contribution in [2.75, 3.05) is 19.6 Å². The highest BCUT2D eigenvalue weighted by molar-refractivity contribution is 6.31. The van der Waals surface area contributed by atoms with Gasteiger partial charge in [0.25, 0.3) is 5.91 Å². The summed E-state index contributed by atoms with van der Waals surface area (Å²) in [5, 5.41) is 22.0. The number of benzene rings is 1. The molecule has 0 aromatic heterocycles. The number of nitrogens with one attached hydrogen (secondary N) is 1. The molecule has 1 aromatic carbocycles. The number of hydrogen-bond acceptors (Lipinski definition) is 4. The zero-order valence-corrected chi connectivity index (χ0v) is 10.7. The number of rotatable bonds is 2. The van der Waals surface area contributed by atoms with E-state index in [4.69, 9.17) is 16.7 Å². The maximum atomic E-state index is 12.3. The first-order valence-electron chi connectivity index (χ1n) is 5.73. The summed E-state index contributed by atoms with van der Waals surface area (Å²) in [6.07, 6.45) is 0. The molecule has 19 heavy (non-hydrogen) atoms. The minimum Gasteiger partial charge on any atom is -0.507 e. The normalized spacial score (nSPS) is 19.2. The van der Waals surface area contributed by atoms with Crippen LogP contribution in [0.15, 0.2) is 18.2 Å². The summed E-state index contributed by atoms with van der Waals surface area (Å²) in [6, 6.07) is 3.16. The third-order valence-corrected chi connectivity index (χ3v) is 3.21. The Labute approximate surface area is 114 Å². The molecule has 3 N–H and O–H groups in total. The number of phenolic OH excluding ortho intramolecular Hbond substituents is 1. The zero-order chi connectivity index (χ0) is 14.0. The fourth-order valence-electron chi connectivity index (χ4n) is 2.00. The van der Waals surface area contributed by atoms with Gasteiger partial charge in [-0.1, -0.05) is 11.6 Å². The molecule has 1 fully saturated rings. The van der Waals surface area contributed by atoms with E-state index in [1.165, 1.54) is 23.1 Å². The number of amides is 1. The summed E-state index contributed by atoms with van der Waals surface area (Å²) in [5.41, 5.74) is 0.0145. The number of halogens is 1. The Bertz CT molecular complexity index is 520. The van der Waals surface area contributed by atoms with E-state index in [1.807, 2.05) is 0 Å². The molecule has 1 aliphatic rings. The molecule has 1 aliphatic heterocycles. The topological polar surface area (TPSA) is 89.9 Å². The van der Waals surface area contributed by atoms with Crippen LogP contribution in [0.25, 0.3) is 0 Å². The lowest BCUT2D eigenvalue weighted by Gasteiger charge is -2.33. The van der Waals surface area contributed by atoms with E-state index in [0.717, 1.165) is 0 Å². The number of carbonyl (C=O) groups excluding carboxylic acids is 1. The molecule has 1 unspecified atom stereocenters. The third kappa shape index (κ3) is 2.80. The molecule has 1 heterocycles. The predicted molar refractivity (Wildman–Crippen MR) is 68.4 cm³/mol. The number of hydrogen-bond donors (Lipinski definition) is 3. The highest BCUT2D eigenvalue weighted by Gasteiger charge is 2.33. The monoisotopic (exact) mass is 284 g/mol. The molecule has 7 heteroatoms. The van der Waals surface area contributed by atoms with Crippen LogP contribution in [0, 0.1) is 0 Å². The Morgan fingerprint density at radius 3 is 2.84 bits per heavy atom. The SMILES string of the molecule is O=C(O)C1CNCCN1C(=O)c1cc(Cl)ccc1O. The molecule has 0 aliphatic carbocycles. The molecule has 0 spiro atoms. The third-order valence-electron chi connectivity index (χ3n) is 2.98. The number of carbonyl (C=O) groups is 2. The lowest BCUT2D eigenvalue weighted by Crippen LogP contribution is -2.56. The van der Waals surface area contributed by atoms with Crippen LogP contribution in [0.5, 0.6) is 5.75 Å². The number of piperazine rings is 1. The molecule has 6 nitrogen and oxygen atoms in total. The van der Waals surface area contributed by atoms with Crippen molar-refractivity contribution < 1.29 is 19.8 Å². The Balaban J connectivity index is 2.31. The first kappa shape index (κ1) is 13.6. The smallest absolute Gasteiger partial charge is 0.327 e. The molecule has 0 radical (unpaired) electrons. The van der Waals surface area contributed by atoms with Gasteiger partial charge in [0.2, 0.25) is 0 Å². The Morgan fingerprint density at radius 1 is 1.42 bits per heavy atom. The summed E-state index contributed by atoms with van der Waals surface area (Å²) < 4.78 is 0. The van der Waals surface area contributed by atoms with Gasteiger partial charge >= 0.3 is 5.97 Å². The minimum atomic E-state index is -1.08. The standard InChI is InChI=1S/C12H13ClN2O4/c13-7-1-2-10(16)8(5-7)11(17)15-4-3-14-6-9(15)12(18)19/h1-2,5,9,14,16H,3-4,6H2,(H,18,19). The predicted octanol–water partition coefficient (Wildman–Crippen LogP) is 0.544. The van der Waals surface area contributed by atoms with Gasteiger partial charge in [-0.15, -0.1) is 0 Å². The molecular weight excluding hydrogens is 272 g/mol. The molecular formula is C12H13ClN2O4. The summed E-state index contributed by atoms with van der Waals surface area (Å²) in [4.78, 5) is 24.7. The van der Waals surface area contributed by atoms with Crippen LogP contribution in [0.4, 0.5) is 0 Å². The van der Waals surface area contributed by atoms with Gasteiger partial charge in [-0.25, -0.2) is 4.79 Å². The fraction of sp³-hybridized carbons (Fsp3) is 0.333. The number of carboxylic acid groups (broad SMARTS) is 1. The number of carboxylic acids is 1. The molecule has 1 atom stereocenters. The maximum absolute atomic E-state index is 12.3. The van der Waals surface area contributed by atoms with Crippen molar-refractivity contribution in [2.24, 2.45) is 0 Å². The summed E-state index contributed by atoms with van der Waals surface area (Å²) in [6.45, 7) is 0.959. The van der Waals surface area contributed by atoms with Crippen molar-refractivity contribution in [3.63, 3.8) is 0 Å². The summed E-state index contributed by atoms with van der Waals surface area (Å²) in [7, 11) is 0. The van der Waals surface area contributed by atoms with E-state index in [-0.39, 0.29) is 24.4 Å². The van der Waals surface area contributed by atoms with E-state index in [2.05, 4.69) is 5.32 Å². The van der Waals surface area contributed by atoms with Gasteiger partial charge < -0.3 is 20.4 Å². The van der Waals surface area contributed by atoms with E-state index in [9.17, 15) is 14.7 Å². The quantitative estimate of drug-likeness (QED) is 0.738. The average Bonchev–Trinajstić information content (AvgIpc) is 2.40. The van der Waals surface area contributed by atoms with Crippen molar-refractivity contribution in [3.8, 4) is 5.75 Å². The van der Waals surface area contributed by atoms with Crippen molar-refractivity contribution in [1.29, 1.82) is 0 Å². The van der Waals surface area contributed by atoms with Gasteiger partial charge in [-0.05, 0) is 18.2 Å². The number of phenols is 1. The van der Waals surface area contributed by atoms with Crippen LogP contribution >= 0.6 is 11.6 Å². The van der Waals surface area contributed by atoms with E-state index >= 15 is 0 Å². The lowest BCUT2D eigenvalue weighted by atomic mass is 10.1. The first-order valence-corrected chi connectivity index (χ1v) is 6.11. The van der Waals surface area contributed by atoms with Gasteiger partial charge in [0, 0.05) is 24.7 Å². The van der Waals surface area contributed by atoms with E-state index in [0.29, 0.717) is 11.6 Å². The molecule has 1 amide bonds. The van der Waals surface area contributed by atoms with Crippen LogP contribution in [-0.4, -0.2) is 52.7 Å². The molecule has 1 aromatic rings. The maximum Gasteiger partial charge on any atom is 0.327 e. The van der Waals surface area contributed by atoms with E-state index in [1.54, 1.807) is 0 Å². The highest BCUT2D eigenvalue weighted by Crippen LogP contribution is 2.24. The van der Waals surface area contributed by atoms with Crippen LogP contribution in [0.3, 0.4) is 0 Å². The Hall–Kier alpha value is -1.79. The van der Waals surface area contributed by atoms with E-state index < -0.39 is 17.9 Å². The second-order valence-corrected chi connectivity index (χ2v) is 4.65. The Kier molecular flexibility index (Phi) is 3.92. The molecule has 102 valence electrons. The number of aromatic hydroxyl groups is 1. The second-order valence-electron chi connectivity index (χ2n) is 4.22. The summed E-state index contributed by atoms with van der Waals surface area (Å²) >= 11 is 5.79. The first-order chi connectivity index (χ1) is 9.00. The highest BCUT2D eigenvalue weighted by atomic mass is 35.5. The lowest BCUT2D eigenvalue weighted by molar-refractivity contribution is -0.142. The number of aliphatic carboxylic acids is 1. The van der Waals surface area contributed by atoms with Crippen LogP contribution in [0.2, 0.25) is 5.02 Å². The Morgan fingerprint density at radius 2 is 2.16 bits per heavy atom. The molecule has 0 saturated carbocycles. The second kappa shape index (κ2) is 5.46. The largest absolute Gasteiger partial charge is 0.507 e. The van der Waals surface area contributed by atoms with Crippen LogP contribution in [0.1, 0.15) is 10.4 Å². The van der Waals surface area contributed by atoms with Gasteiger partial charge in [0.15, 0.2) is 0 Å². The fourth-order valence-corrected chi connectivity index (χ4v) is 2.17. The summed E-state index contributed by atoms with van der Waals surface area (Å²) in [5.74, 6) is -1.83. The zero-order valence-electron chi connectivity index (χ0n) is 9.97.